The number of nitrogens with zero attached hydrogens (tertiary/aromatic N) is 2. The molecule has 0 amide bonds. The van der Waals surface area contributed by atoms with Gasteiger partial charge in [-0.3, -0.25) is 14.2 Å². The fourth-order valence-electron chi connectivity index (χ4n) is 3.11. The van der Waals surface area contributed by atoms with E-state index in [0.29, 0.717) is 21.9 Å². The summed E-state index contributed by atoms with van der Waals surface area (Å²) in [5, 5.41) is 0.576. The van der Waals surface area contributed by atoms with Gasteiger partial charge in [0.2, 0.25) is 0 Å². The van der Waals surface area contributed by atoms with Crippen LogP contribution in [-0.2, 0) is 9.53 Å². The SMILES string of the molecule is CCOC(=O)[C@@H](C)Sc1nc2c([nH]c3ccccc32)c(=O)n1-c1ccc(F)cc1. The van der Waals surface area contributed by atoms with Gasteiger partial charge in [-0.2, -0.15) is 0 Å². The number of para-hydroxylation sites is 1. The van der Waals surface area contributed by atoms with E-state index in [1.807, 2.05) is 24.3 Å². The van der Waals surface area contributed by atoms with Crippen molar-refractivity contribution in [3.8, 4) is 5.69 Å². The molecule has 0 saturated carbocycles. The number of carbonyl (C=O) groups excluding carboxylic acids is 1. The summed E-state index contributed by atoms with van der Waals surface area (Å²) in [5.41, 5.74) is 1.81. The molecule has 0 radical (unpaired) electrons. The molecule has 0 aliphatic rings. The molecule has 0 fully saturated rings. The zero-order valence-electron chi connectivity index (χ0n) is 15.8. The number of halogens is 1. The monoisotopic (exact) mass is 411 g/mol. The molecule has 4 aromatic rings. The minimum Gasteiger partial charge on any atom is -0.465 e. The van der Waals surface area contributed by atoms with Crippen LogP contribution in [0.3, 0.4) is 0 Å². The van der Waals surface area contributed by atoms with E-state index < -0.39 is 17.0 Å². The number of hydrogen-bond acceptors (Lipinski definition) is 5. The molecule has 0 aliphatic heterocycles. The number of carbonyl (C=O) groups is 1. The summed E-state index contributed by atoms with van der Waals surface area (Å²) in [5.74, 6) is -0.799. The Morgan fingerprint density at radius 2 is 1.97 bits per heavy atom. The molecule has 0 bridgehead atoms. The van der Waals surface area contributed by atoms with Crippen molar-refractivity contribution in [3.63, 3.8) is 0 Å². The second kappa shape index (κ2) is 7.71. The molecular weight excluding hydrogens is 393 g/mol. The Morgan fingerprint density at radius 1 is 1.24 bits per heavy atom. The van der Waals surface area contributed by atoms with Crippen LogP contribution in [0.5, 0.6) is 0 Å². The number of esters is 1. The number of thioether (sulfide) groups is 1. The van der Waals surface area contributed by atoms with Crippen molar-refractivity contribution < 1.29 is 13.9 Å². The van der Waals surface area contributed by atoms with E-state index in [-0.39, 0.29) is 12.2 Å². The van der Waals surface area contributed by atoms with Gasteiger partial charge >= 0.3 is 5.97 Å². The van der Waals surface area contributed by atoms with Crippen LogP contribution in [0.4, 0.5) is 4.39 Å². The second-order valence-electron chi connectivity index (χ2n) is 6.42. The van der Waals surface area contributed by atoms with Gasteiger partial charge < -0.3 is 9.72 Å². The van der Waals surface area contributed by atoms with Gasteiger partial charge in [0.15, 0.2) is 5.16 Å². The average Bonchev–Trinajstić information content (AvgIpc) is 3.08. The molecule has 0 unspecified atom stereocenters. The maximum absolute atomic E-state index is 13.4. The Morgan fingerprint density at radius 3 is 2.69 bits per heavy atom. The van der Waals surface area contributed by atoms with Gasteiger partial charge in [0.1, 0.15) is 22.1 Å². The smallest absolute Gasteiger partial charge is 0.319 e. The first kappa shape index (κ1) is 19.2. The van der Waals surface area contributed by atoms with Gasteiger partial charge in [-0.05, 0) is 44.2 Å². The summed E-state index contributed by atoms with van der Waals surface area (Å²) < 4.78 is 19.9. The average molecular weight is 411 g/mol. The van der Waals surface area contributed by atoms with Crippen LogP contribution < -0.4 is 5.56 Å². The summed E-state index contributed by atoms with van der Waals surface area (Å²) in [4.78, 5) is 33.3. The van der Waals surface area contributed by atoms with Crippen molar-refractivity contribution in [3.05, 3.63) is 64.7 Å². The Bertz CT molecular complexity index is 1260. The van der Waals surface area contributed by atoms with Gasteiger partial charge in [0.25, 0.3) is 5.56 Å². The Labute approximate surface area is 169 Å². The number of H-pyrrole nitrogens is 1. The number of hydrogen-bond donors (Lipinski definition) is 1. The molecule has 8 heteroatoms. The summed E-state index contributed by atoms with van der Waals surface area (Å²) in [6.07, 6.45) is 0. The van der Waals surface area contributed by atoms with Crippen LogP contribution in [0.2, 0.25) is 0 Å². The van der Waals surface area contributed by atoms with Gasteiger partial charge in [-0.15, -0.1) is 0 Å². The largest absolute Gasteiger partial charge is 0.465 e. The summed E-state index contributed by atoms with van der Waals surface area (Å²) in [7, 11) is 0. The highest BCUT2D eigenvalue weighted by molar-refractivity contribution is 8.00. The quantitative estimate of drug-likeness (QED) is 0.305. The van der Waals surface area contributed by atoms with Gasteiger partial charge in [-0.1, -0.05) is 30.0 Å². The van der Waals surface area contributed by atoms with E-state index in [4.69, 9.17) is 9.72 Å². The molecule has 0 saturated heterocycles. The van der Waals surface area contributed by atoms with Crippen molar-refractivity contribution in [1.29, 1.82) is 0 Å². The Kier molecular flexibility index (Phi) is 5.10. The minimum absolute atomic E-state index is 0.267. The fourth-order valence-corrected chi connectivity index (χ4v) is 4.02. The van der Waals surface area contributed by atoms with Crippen LogP contribution >= 0.6 is 11.8 Å². The predicted molar refractivity (Wildman–Crippen MR) is 111 cm³/mol. The van der Waals surface area contributed by atoms with E-state index in [1.54, 1.807) is 13.8 Å². The first-order valence-corrected chi connectivity index (χ1v) is 10.00. The van der Waals surface area contributed by atoms with Crippen molar-refractivity contribution in [2.24, 2.45) is 0 Å². The molecule has 1 atom stereocenters. The third-order valence-electron chi connectivity index (χ3n) is 4.48. The molecule has 4 rings (SSSR count). The van der Waals surface area contributed by atoms with Gasteiger partial charge in [0, 0.05) is 10.9 Å². The third-order valence-corrected chi connectivity index (χ3v) is 5.51. The fraction of sp³-hybridized carbons (Fsp3) is 0.190. The van der Waals surface area contributed by atoms with Crippen LogP contribution in [-0.4, -0.2) is 32.4 Å². The van der Waals surface area contributed by atoms with Crippen LogP contribution in [0.25, 0.3) is 27.6 Å². The maximum Gasteiger partial charge on any atom is 0.319 e. The molecule has 6 nitrogen and oxygen atoms in total. The van der Waals surface area contributed by atoms with Crippen LogP contribution in [0.1, 0.15) is 13.8 Å². The normalized spacial score (nSPS) is 12.4. The molecule has 1 N–H and O–H groups in total. The zero-order chi connectivity index (χ0) is 20.5. The molecule has 2 aromatic heterocycles. The van der Waals surface area contributed by atoms with E-state index in [9.17, 15) is 14.0 Å². The zero-order valence-corrected chi connectivity index (χ0v) is 16.6. The summed E-state index contributed by atoms with van der Waals surface area (Å²) in [6, 6.07) is 13.1. The van der Waals surface area contributed by atoms with Gasteiger partial charge in [0.05, 0.1) is 12.3 Å². The Balaban J connectivity index is 1.95. The van der Waals surface area contributed by atoms with Crippen molar-refractivity contribution in [2.45, 2.75) is 24.3 Å². The van der Waals surface area contributed by atoms with Crippen molar-refractivity contribution >= 4 is 39.7 Å². The summed E-state index contributed by atoms with van der Waals surface area (Å²) in [6.45, 7) is 3.70. The molecule has 0 aliphatic carbocycles. The molecule has 148 valence electrons. The highest BCUT2D eigenvalue weighted by Gasteiger charge is 2.22. The number of aromatic nitrogens is 3. The second-order valence-corrected chi connectivity index (χ2v) is 7.73. The number of aromatic amines is 1. The number of nitrogens with one attached hydrogen (secondary N) is 1. The van der Waals surface area contributed by atoms with Crippen LogP contribution in [0.15, 0.2) is 58.5 Å². The lowest BCUT2D eigenvalue weighted by Crippen LogP contribution is -2.24. The van der Waals surface area contributed by atoms with E-state index in [2.05, 4.69) is 4.98 Å². The third kappa shape index (κ3) is 3.51. The van der Waals surface area contributed by atoms with E-state index in [0.717, 1.165) is 22.7 Å². The molecular formula is C21H18FN3O3S. The summed E-state index contributed by atoms with van der Waals surface area (Å²) >= 11 is 1.13. The topological polar surface area (TPSA) is 77.0 Å². The number of benzene rings is 2. The van der Waals surface area contributed by atoms with E-state index >= 15 is 0 Å². The van der Waals surface area contributed by atoms with Gasteiger partial charge in [-0.25, -0.2) is 9.37 Å². The first-order chi connectivity index (χ1) is 14.0. The standard InChI is InChI=1S/C21H18FN3O3S/c1-3-28-20(27)12(2)29-21-24-17-15-6-4-5-7-16(15)23-18(17)19(26)25(21)14-10-8-13(22)9-11-14/h4-12,23H,3H2,1-2H3/t12-/m1/s1. The Hall–Kier alpha value is -3.13. The molecule has 29 heavy (non-hydrogen) atoms. The number of ether oxygens (including phenoxy) is 1. The molecule has 2 aromatic carbocycles. The lowest BCUT2D eigenvalue weighted by atomic mass is 10.2. The lowest BCUT2D eigenvalue weighted by molar-refractivity contribution is -0.142. The predicted octanol–water partition coefficient (Wildman–Crippen LogP) is 4.05. The van der Waals surface area contributed by atoms with E-state index in [1.165, 1.54) is 28.8 Å². The lowest BCUT2D eigenvalue weighted by Gasteiger charge is -2.15. The maximum atomic E-state index is 13.4. The number of fused-ring (bicyclic) bond motifs is 3. The van der Waals surface area contributed by atoms with Crippen molar-refractivity contribution in [1.82, 2.24) is 14.5 Å². The highest BCUT2D eigenvalue weighted by Crippen LogP contribution is 2.28. The molecule has 2 heterocycles. The highest BCUT2D eigenvalue weighted by atomic mass is 32.2. The van der Waals surface area contributed by atoms with Crippen LogP contribution in [0, 0.1) is 5.82 Å². The first-order valence-electron chi connectivity index (χ1n) is 9.12. The molecule has 0 spiro atoms. The minimum atomic E-state index is -0.573. The van der Waals surface area contributed by atoms with Crippen molar-refractivity contribution in [2.75, 3.05) is 6.61 Å². The number of rotatable bonds is 5.